The van der Waals surface area contributed by atoms with Gasteiger partial charge in [-0.3, -0.25) is 0 Å². The number of benzene rings is 1. The SMILES string of the molecule is C=C(Nc1ccc(C)cc1)[C@@](C)(N)CC. The zero-order valence-electron chi connectivity index (χ0n) is 9.80. The number of anilines is 1. The Labute approximate surface area is 92.2 Å². The Morgan fingerprint density at radius 1 is 1.40 bits per heavy atom. The van der Waals surface area contributed by atoms with Crippen molar-refractivity contribution in [3.8, 4) is 0 Å². The predicted octanol–water partition coefficient (Wildman–Crippen LogP) is 3.05. The molecular weight excluding hydrogens is 184 g/mol. The van der Waals surface area contributed by atoms with Gasteiger partial charge in [0.15, 0.2) is 0 Å². The Morgan fingerprint density at radius 3 is 2.40 bits per heavy atom. The van der Waals surface area contributed by atoms with Crippen LogP contribution in [-0.2, 0) is 0 Å². The first-order chi connectivity index (χ1) is 6.95. The summed E-state index contributed by atoms with van der Waals surface area (Å²) in [6.07, 6.45) is 0.866. The zero-order chi connectivity index (χ0) is 11.5. The average molecular weight is 204 g/mol. The Hall–Kier alpha value is -1.28. The van der Waals surface area contributed by atoms with Crippen LogP contribution in [-0.4, -0.2) is 5.54 Å². The third-order valence-electron chi connectivity index (χ3n) is 2.77. The molecule has 0 fully saturated rings. The van der Waals surface area contributed by atoms with Crippen LogP contribution in [0, 0.1) is 6.92 Å². The highest BCUT2D eigenvalue weighted by atomic mass is 15.0. The summed E-state index contributed by atoms with van der Waals surface area (Å²) in [5, 5.41) is 3.24. The minimum Gasteiger partial charge on any atom is -0.358 e. The van der Waals surface area contributed by atoms with Crippen LogP contribution in [0.2, 0.25) is 0 Å². The van der Waals surface area contributed by atoms with Crippen LogP contribution in [0.25, 0.3) is 0 Å². The molecule has 82 valence electrons. The quantitative estimate of drug-likeness (QED) is 0.791. The second-order valence-corrected chi connectivity index (χ2v) is 4.24. The molecule has 0 amide bonds. The fraction of sp³-hybridized carbons (Fsp3) is 0.385. The lowest BCUT2D eigenvalue weighted by Crippen LogP contribution is -2.39. The lowest BCUT2D eigenvalue weighted by molar-refractivity contribution is 0.535. The van der Waals surface area contributed by atoms with E-state index in [2.05, 4.69) is 37.9 Å². The Bertz CT molecular complexity index is 336. The fourth-order valence-electron chi connectivity index (χ4n) is 1.17. The topological polar surface area (TPSA) is 38.0 Å². The van der Waals surface area contributed by atoms with E-state index in [4.69, 9.17) is 5.73 Å². The maximum Gasteiger partial charge on any atom is 0.0524 e. The van der Waals surface area contributed by atoms with E-state index < -0.39 is 0 Å². The number of aryl methyl sites for hydroxylation is 1. The minimum absolute atomic E-state index is 0.356. The molecule has 1 rings (SSSR count). The highest BCUT2D eigenvalue weighted by molar-refractivity contribution is 5.50. The van der Waals surface area contributed by atoms with E-state index in [-0.39, 0.29) is 5.54 Å². The van der Waals surface area contributed by atoms with Crippen molar-refractivity contribution in [2.24, 2.45) is 5.73 Å². The molecule has 0 heterocycles. The molecule has 0 spiro atoms. The molecule has 0 aromatic heterocycles. The van der Waals surface area contributed by atoms with Gasteiger partial charge in [-0.05, 0) is 32.4 Å². The van der Waals surface area contributed by atoms with Gasteiger partial charge in [-0.15, -0.1) is 0 Å². The number of hydrogen-bond acceptors (Lipinski definition) is 2. The maximum atomic E-state index is 6.08. The van der Waals surface area contributed by atoms with Crippen LogP contribution in [0.5, 0.6) is 0 Å². The summed E-state index contributed by atoms with van der Waals surface area (Å²) in [4.78, 5) is 0. The number of rotatable bonds is 4. The van der Waals surface area contributed by atoms with E-state index >= 15 is 0 Å². The van der Waals surface area contributed by atoms with Crippen molar-refractivity contribution in [3.63, 3.8) is 0 Å². The molecule has 0 saturated carbocycles. The Balaban J connectivity index is 2.71. The third kappa shape index (κ3) is 3.10. The summed E-state index contributed by atoms with van der Waals surface area (Å²) in [6.45, 7) is 10.1. The van der Waals surface area contributed by atoms with Crippen molar-refractivity contribution in [3.05, 3.63) is 42.1 Å². The summed E-state index contributed by atoms with van der Waals surface area (Å²) in [5.74, 6) is 0. The normalized spacial score (nSPS) is 14.4. The monoisotopic (exact) mass is 204 g/mol. The summed E-state index contributed by atoms with van der Waals surface area (Å²) in [7, 11) is 0. The molecule has 0 radical (unpaired) electrons. The van der Waals surface area contributed by atoms with Gasteiger partial charge < -0.3 is 11.1 Å². The van der Waals surface area contributed by atoms with E-state index in [0.29, 0.717) is 0 Å². The van der Waals surface area contributed by atoms with Crippen LogP contribution >= 0.6 is 0 Å². The van der Waals surface area contributed by atoms with E-state index in [1.54, 1.807) is 0 Å². The average Bonchev–Trinajstić information content (AvgIpc) is 2.21. The highest BCUT2D eigenvalue weighted by Gasteiger charge is 2.19. The van der Waals surface area contributed by atoms with E-state index in [9.17, 15) is 0 Å². The summed E-state index contributed by atoms with van der Waals surface area (Å²) in [6, 6.07) is 8.20. The fourth-order valence-corrected chi connectivity index (χ4v) is 1.17. The number of nitrogens with one attached hydrogen (secondary N) is 1. The van der Waals surface area contributed by atoms with Crippen LogP contribution in [0.1, 0.15) is 25.8 Å². The van der Waals surface area contributed by atoms with Crippen LogP contribution in [0.15, 0.2) is 36.5 Å². The summed E-state index contributed by atoms with van der Waals surface area (Å²) < 4.78 is 0. The zero-order valence-corrected chi connectivity index (χ0v) is 9.80. The molecule has 0 aliphatic heterocycles. The van der Waals surface area contributed by atoms with Crippen LogP contribution in [0.3, 0.4) is 0 Å². The van der Waals surface area contributed by atoms with Gasteiger partial charge in [-0.1, -0.05) is 31.2 Å². The molecule has 2 heteroatoms. The second kappa shape index (κ2) is 4.49. The Morgan fingerprint density at radius 2 is 1.93 bits per heavy atom. The molecule has 0 saturated heterocycles. The molecule has 3 N–H and O–H groups in total. The van der Waals surface area contributed by atoms with Gasteiger partial charge >= 0.3 is 0 Å². The summed E-state index contributed by atoms with van der Waals surface area (Å²) >= 11 is 0. The molecule has 1 aromatic carbocycles. The summed E-state index contributed by atoms with van der Waals surface area (Å²) in [5.41, 5.74) is 8.86. The van der Waals surface area contributed by atoms with Gasteiger partial charge in [0.05, 0.1) is 5.54 Å². The first kappa shape index (κ1) is 11.8. The van der Waals surface area contributed by atoms with Gasteiger partial charge in [0.25, 0.3) is 0 Å². The molecule has 0 unspecified atom stereocenters. The van der Waals surface area contributed by atoms with Gasteiger partial charge in [0.2, 0.25) is 0 Å². The lowest BCUT2D eigenvalue weighted by atomic mass is 9.96. The number of nitrogens with two attached hydrogens (primary N) is 1. The smallest absolute Gasteiger partial charge is 0.0524 e. The first-order valence-corrected chi connectivity index (χ1v) is 5.27. The van der Waals surface area contributed by atoms with Crippen molar-refractivity contribution < 1.29 is 0 Å². The molecular formula is C13H20N2. The van der Waals surface area contributed by atoms with Crippen molar-refractivity contribution in [1.82, 2.24) is 0 Å². The lowest BCUT2D eigenvalue weighted by Gasteiger charge is -2.26. The molecule has 1 atom stereocenters. The van der Waals surface area contributed by atoms with Gasteiger partial charge in [-0.25, -0.2) is 0 Å². The van der Waals surface area contributed by atoms with Crippen LogP contribution in [0.4, 0.5) is 5.69 Å². The first-order valence-electron chi connectivity index (χ1n) is 5.27. The molecule has 0 aliphatic rings. The van der Waals surface area contributed by atoms with Crippen LogP contribution < -0.4 is 11.1 Å². The van der Waals surface area contributed by atoms with Crippen molar-refractivity contribution in [2.75, 3.05) is 5.32 Å². The molecule has 15 heavy (non-hydrogen) atoms. The standard InChI is InChI=1S/C13H20N2/c1-5-13(4,14)11(3)15-12-8-6-10(2)7-9-12/h6-9,15H,3,5,14H2,1-2,4H3/t13-/m0/s1. The largest absolute Gasteiger partial charge is 0.358 e. The second-order valence-electron chi connectivity index (χ2n) is 4.24. The molecule has 0 aliphatic carbocycles. The van der Waals surface area contributed by atoms with Gasteiger partial charge in [0, 0.05) is 11.4 Å². The van der Waals surface area contributed by atoms with Crippen molar-refractivity contribution >= 4 is 5.69 Å². The van der Waals surface area contributed by atoms with Crippen molar-refractivity contribution in [2.45, 2.75) is 32.7 Å². The van der Waals surface area contributed by atoms with Gasteiger partial charge in [0.1, 0.15) is 0 Å². The third-order valence-corrected chi connectivity index (χ3v) is 2.77. The molecule has 0 bridgehead atoms. The minimum atomic E-state index is -0.356. The van der Waals surface area contributed by atoms with E-state index in [1.165, 1.54) is 5.56 Å². The maximum absolute atomic E-state index is 6.08. The predicted molar refractivity (Wildman–Crippen MR) is 66.8 cm³/mol. The van der Waals surface area contributed by atoms with E-state index in [1.807, 2.05) is 19.1 Å². The van der Waals surface area contributed by atoms with Gasteiger partial charge in [-0.2, -0.15) is 0 Å². The molecule has 2 nitrogen and oxygen atoms in total. The number of hydrogen-bond donors (Lipinski definition) is 2. The van der Waals surface area contributed by atoms with E-state index in [0.717, 1.165) is 17.8 Å². The van der Waals surface area contributed by atoms with Crippen molar-refractivity contribution in [1.29, 1.82) is 0 Å². The Kier molecular flexibility index (Phi) is 3.53. The highest BCUT2D eigenvalue weighted by Crippen LogP contribution is 2.19. The molecule has 1 aromatic rings.